The third kappa shape index (κ3) is 2.00. The Morgan fingerprint density at radius 2 is 1.89 bits per heavy atom. The van der Waals surface area contributed by atoms with Gasteiger partial charge < -0.3 is 5.11 Å². The fraction of sp³-hybridized carbons (Fsp3) is 0. The van der Waals surface area contributed by atoms with Crippen molar-refractivity contribution >= 4 is 5.97 Å². The van der Waals surface area contributed by atoms with Crippen molar-refractivity contribution < 1.29 is 28.6 Å². The maximum absolute atomic E-state index is 13.5. The topological polar surface area (TPSA) is 61.4 Å². The van der Waals surface area contributed by atoms with Crippen LogP contribution in [0.5, 0.6) is 0 Å². The second-order valence-electron chi connectivity index (χ2n) is 3.54. The molecule has 0 saturated carbocycles. The van der Waals surface area contributed by atoms with Gasteiger partial charge in [-0.3, -0.25) is 5.21 Å². The summed E-state index contributed by atoms with van der Waals surface area (Å²) in [5.41, 5.74) is -0.592. The van der Waals surface area contributed by atoms with Gasteiger partial charge in [-0.25, -0.2) is 13.6 Å². The molecule has 0 radical (unpaired) electrons. The van der Waals surface area contributed by atoms with Gasteiger partial charge in [-0.1, -0.05) is 0 Å². The summed E-state index contributed by atoms with van der Waals surface area (Å²) < 4.78 is 26.7. The molecule has 0 saturated heterocycles. The van der Waals surface area contributed by atoms with Crippen molar-refractivity contribution in [3.63, 3.8) is 0 Å². The van der Waals surface area contributed by atoms with Gasteiger partial charge in [0, 0.05) is 22.9 Å². The molecule has 2 aromatic rings. The maximum atomic E-state index is 13.5. The second-order valence-corrected chi connectivity index (χ2v) is 3.54. The molecule has 0 amide bonds. The highest BCUT2D eigenvalue weighted by Gasteiger charge is 2.25. The van der Waals surface area contributed by atoms with Gasteiger partial charge in [-0.15, -0.1) is 0 Å². The number of aromatic carboxylic acids is 1. The van der Waals surface area contributed by atoms with Gasteiger partial charge >= 0.3 is 11.7 Å². The lowest BCUT2D eigenvalue weighted by Gasteiger charge is -2.01. The van der Waals surface area contributed by atoms with E-state index in [1.165, 1.54) is 12.1 Å². The highest BCUT2D eigenvalue weighted by molar-refractivity contribution is 5.83. The first-order chi connectivity index (χ1) is 8.50. The summed E-state index contributed by atoms with van der Waals surface area (Å²) in [5, 5.41) is 18.5. The predicted molar refractivity (Wildman–Crippen MR) is 56.1 cm³/mol. The number of pyridine rings is 1. The number of nitrogens with zero attached hydrogens (tertiary/aromatic N) is 1. The molecule has 2 N–H and O–H groups in total. The minimum Gasteiger partial charge on any atom is -0.473 e. The number of hydrogen-bond acceptors (Lipinski definition) is 2. The summed E-state index contributed by atoms with van der Waals surface area (Å²) >= 11 is 0. The zero-order chi connectivity index (χ0) is 13.3. The van der Waals surface area contributed by atoms with Crippen molar-refractivity contribution in [2.45, 2.75) is 0 Å². The zero-order valence-corrected chi connectivity index (χ0v) is 8.97. The summed E-state index contributed by atoms with van der Waals surface area (Å²) in [7, 11) is 0. The number of carboxylic acid groups (broad SMARTS) is 1. The number of rotatable bonds is 2. The van der Waals surface area contributed by atoms with Crippen molar-refractivity contribution in [3.05, 3.63) is 53.7 Å². The van der Waals surface area contributed by atoms with E-state index in [9.17, 15) is 18.8 Å². The molecule has 0 bridgehead atoms. The standard InChI is InChI=1S/C12H7F2NO3/c13-7-4-5-8(9(14)6-7)10-2-1-3-11(12(16)17)15(10)18/h1-6H,(H-,16,17,18)/p+1. The van der Waals surface area contributed by atoms with Crippen molar-refractivity contribution in [1.82, 2.24) is 0 Å². The van der Waals surface area contributed by atoms with E-state index < -0.39 is 23.3 Å². The molecule has 0 aliphatic rings. The van der Waals surface area contributed by atoms with Gasteiger partial charge in [0.15, 0.2) is 0 Å². The minimum atomic E-state index is -1.36. The molecule has 4 nitrogen and oxygen atoms in total. The average molecular weight is 252 g/mol. The fourth-order valence-corrected chi connectivity index (χ4v) is 1.56. The van der Waals surface area contributed by atoms with Gasteiger partial charge in [-0.05, 0) is 18.2 Å². The lowest BCUT2D eigenvalue weighted by atomic mass is 10.1. The Hall–Kier alpha value is -2.50. The van der Waals surface area contributed by atoms with Crippen LogP contribution in [0.3, 0.4) is 0 Å². The van der Waals surface area contributed by atoms with Gasteiger partial charge in [0.25, 0.3) is 5.69 Å². The van der Waals surface area contributed by atoms with E-state index in [0.717, 1.165) is 18.2 Å². The molecule has 6 heteroatoms. The van der Waals surface area contributed by atoms with Gasteiger partial charge in [-0.2, -0.15) is 0 Å². The molecule has 0 fully saturated rings. The zero-order valence-electron chi connectivity index (χ0n) is 8.97. The molecule has 1 heterocycles. The largest absolute Gasteiger partial charge is 0.473 e. The van der Waals surface area contributed by atoms with Crippen LogP contribution in [0, 0.1) is 11.6 Å². The number of hydrogen-bond donors (Lipinski definition) is 2. The third-order valence-electron chi connectivity index (χ3n) is 2.39. The Kier molecular flexibility index (Phi) is 2.93. The molecule has 92 valence electrons. The summed E-state index contributed by atoms with van der Waals surface area (Å²) in [5.74, 6) is -3.00. The van der Waals surface area contributed by atoms with Crippen LogP contribution in [0.25, 0.3) is 11.3 Å². The first kappa shape index (κ1) is 12.0. The van der Waals surface area contributed by atoms with Crippen LogP contribution in [0.4, 0.5) is 8.78 Å². The van der Waals surface area contributed by atoms with E-state index >= 15 is 0 Å². The minimum absolute atomic E-state index is 0.0765. The number of carboxylic acids is 1. The smallest absolute Gasteiger partial charge is 0.406 e. The van der Waals surface area contributed by atoms with Crippen LogP contribution >= 0.6 is 0 Å². The monoisotopic (exact) mass is 252 g/mol. The third-order valence-corrected chi connectivity index (χ3v) is 2.39. The molecule has 0 unspecified atom stereocenters. The Morgan fingerprint density at radius 3 is 2.50 bits per heavy atom. The van der Waals surface area contributed by atoms with Crippen molar-refractivity contribution in [1.29, 1.82) is 0 Å². The van der Waals surface area contributed by atoms with Gasteiger partial charge in [0.05, 0.1) is 5.56 Å². The molecule has 0 atom stereocenters. The van der Waals surface area contributed by atoms with E-state index in [2.05, 4.69) is 0 Å². The first-order valence-electron chi connectivity index (χ1n) is 4.93. The van der Waals surface area contributed by atoms with E-state index in [4.69, 9.17) is 5.11 Å². The number of aromatic nitrogens is 1. The molecular formula is C12H8F2NO3+. The second kappa shape index (κ2) is 4.40. The van der Waals surface area contributed by atoms with Crippen LogP contribution in [0.1, 0.15) is 10.5 Å². The quantitative estimate of drug-likeness (QED) is 0.633. The van der Waals surface area contributed by atoms with E-state index in [1.54, 1.807) is 0 Å². The summed E-state index contributed by atoms with van der Waals surface area (Å²) in [6.45, 7) is 0. The fourth-order valence-electron chi connectivity index (χ4n) is 1.56. The lowest BCUT2D eigenvalue weighted by molar-refractivity contribution is -0.897. The van der Waals surface area contributed by atoms with Crippen molar-refractivity contribution in [2.75, 3.05) is 0 Å². The van der Waals surface area contributed by atoms with Crippen LogP contribution in [0.15, 0.2) is 36.4 Å². The molecule has 1 aromatic carbocycles. The SMILES string of the molecule is O=C(O)c1cccc(-c2ccc(F)cc2F)[n+]1O. The summed E-state index contributed by atoms with van der Waals surface area (Å²) in [6, 6.07) is 6.64. The van der Waals surface area contributed by atoms with Gasteiger partial charge in [0.2, 0.25) is 0 Å². The molecule has 0 spiro atoms. The van der Waals surface area contributed by atoms with Crippen molar-refractivity contribution in [2.24, 2.45) is 0 Å². The molecule has 1 aromatic heterocycles. The Morgan fingerprint density at radius 1 is 1.17 bits per heavy atom. The van der Waals surface area contributed by atoms with Gasteiger partial charge in [0.1, 0.15) is 11.6 Å². The van der Waals surface area contributed by atoms with Crippen LogP contribution in [0.2, 0.25) is 0 Å². The predicted octanol–water partition coefficient (Wildman–Crippen LogP) is 1.85. The molecule has 2 rings (SSSR count). The molecule has 18 heavy (non-hydrogen) atoms. The summed E-state index contributed by atoms with van der Waals surface area (Å²) in [6.07, 6.45) is 0. The van der Waals surface area contributed by atoms with Crippen molar-refractivity contribution in [3.8, 4) is 11.3 Å². The van der Waals surface area contributed by atoms with E-state index in [-0.39, 0.29) is 11.3 Å². The van der Waals surface area contributed by atoms with Crippen LogP contribution in [-0.4, -0.2) is 16.3 Å². The number of benzene rings is 1. The lowest BCUT2D eigenvalue weighted by Crippen LogP contribution is -2.40. The number of halogens is 2. The Balaban J connectivity index is 2.64. The highest BCUT2D eigenvalue weighted by Crippen LogP contribution is 2.20. The van der Waals surface area contributed by atoms with Crippen LogP contribution < -0.4 is 4.73 Å². The normalized spacial score (nSPS) is 10.3. The van der Waals surface area contributed by atoms with E-state index in [0.29, 0.717) is 10.8 Å². The average Bonchev–Trinajstić information content (AvgIpc) is 2.30. The maximum Gasteiger partial charge on any atom is 0.406 e. The van der Waals surface area contributed by atoms with Crippen LogP contribution in [-0.2, 0) is 0 Å². The number of carbonyl (C=O) groups is 1. The summed E-state index contributed by atoms with van der Waals surface area (Å²) in [4.78, 5) is 10.8. The molecule has 0 aliphatic carbocycles. The first-order valence-corrected chi connectivity index (χ1v) is 4.93. The Labute approximate surface area is 100 Å². The molecule has 0 aliphatic heterocycles. The highest BCUT2D eigenvalue weighted by atomic mass is 19.1. The Bertz CT molecular complexity index is 629. The van der Waals surface area contributed by atoms with E-state index in [1.807, 2.05) is 0 Å². The molecular weight excluding hydrogens is 244 g/mol.